The lowest BCUT2D eigenvalue weighted by Crippen LogP contribution is -2.32. The Morgan fingerprint density at radius 1 is 0.579 bits per heavy atom. The van der Waals surface area contributed by atoms with E-state index >= 15 is 0 Å². The summed E-state index contributed by atoms with van der Waals surface area (Å²) >= 11 is 0. The van der Waals surface area contributed by atoms with Crippen LogP contribution in [-0.2, 0) is 9.47 Å². The Morgan fingerprint density at radius 3 is 1.55 bits per heavy atom. The molecule has 0 fully saturated rings. The Labute approximate surface area is 221 Å². The third-order valence-electron chi connectivity index (χ3n) is 5.71. The first-order valence-corrected chi connectivity index (χ1v) is 12.3. The molecule has 7 nitrogen and oxygen atoms in total. The van der Waals surface area contributed by atoms with Crippen molar-refractivity contribution in [3.8, 4) is 0 Å². The molecule has 192 valence electrons. The number of anilines is 2. The maximum atomic E-state index is 12.6. The molecule has 7 heteroatoms. The molecule has 4 aromatic rings. The second-order valence-corrected chi connectivity index (χ2v) is 8.36. The van der Waals surface area contributed by atoms with E-state index in [1.54, 1.807) is 78.9 Å². The molecule has 4 rings (SSSR count). The van der Waals surface area contributed by atoms with Crippen LogP contribution >= 0.6 is 0 Å². The van der Waals surface area contributed by atoms with Crippen LogP contribution in [0.25, 0.3) is 0 Å². The predicted octanol–water partition coefficient (Wildman–Crippen LogP) is 5.46. The fourth-order valence-corrected chi connectivity index (χ4v) is 3.76. The number of ether oxygens (including phenoxy) is 2. The summed E-state index contributed by atoms with van der Waals surface area (Å²) in [6.07, 6.45) is 0. The van der Waals surface area contributed by atoms with Crippen molar-refractivity contribution in [2.75, 3.05) is 36.5 Å². The van der Waals surface area contributed by atoms with Crippen molar-refractivity contribution < 1.29 is 23.9 Å². The molecule has 0 atom stereocenters. The number of carbonyl (C=O) groups is 3. The number of hydrogen-bond donors (Lipinski definition) is 1. The Bertz CT molecular complexity index is 1290. The average Bonchev–Trinajstić information content (AvgIpc) is 2.97. The van der Waals surface area contributed by atoms with Gasteiger partial charge in [0.1, 0.15) is 13.2 Å². The second-order valence-electron chi connectivity index (χ2n) is 8.36. The first-order valence-electron chi connectivity index (χ1n) is 12.3. The third kappa shape index (κ3) is 7.54. The number of rotatable bonds is 11. The lowest BCUT2D eigenvalue weighted by atomic mass is 10.2. The van der Waals surface area contributed by atoms with Crippen LogP contribution in [0.5, 0.6) is 0 Å². The molecule has 4 aromatic carbocycles. The summed E-state index contributed by atoms with van der Waals surface area (Å²) in [5.41, 5.74) is 2.89. The summed E-state index contributed by atoms with van der Waals surface area (Å²) in [5, 5.41) is 2.91. The highest BCUT2D eigenvalue weighted by molar-refractivity contribution is 6.04. The van der Waals surface area contributed by atoms with Crippen molar-refractivity contribution in [1.29, 1.82) is 0 Å². The highest BCUT2D eigenvalue weighted by atomic mass is 16.5. The van der Waals surface area contributed by atoms with Gasteiger partial charge in [0, 0.05) is 16.9 Å². The molecule has 0 aliphatic rings. The molecular formula is C31H28N2O5. The summed E-state index contributed by atoms with van der Waals surface area (Å²) < 4.78 is 10.9. The minimum absolute atomic E-state index is 0.126. The van der Waals surface area contributed by atoms with Gasteiger partial charge in [-0.2, -0.15) is 0 Å². The number of hydrogen-bond acceptors (Lipinski definition) is 6. The Morgan fingerprint density at radius 2 is 1.05 bits per heavy atom. The minimum atomic E-state index is -0.412. The van der Waals surface area contributed by atoms with E-state index in [2.05, 4.69) is 5.32 Å². The van der Waals surface area contributed by atoms with E-state index in [4.69, 9.17) is 9.47 Å². The normalized spacial score (nSPS) is 10.3. The Kier molecular flexibility index (Phi) is 9.23. The van der Waals surface area contributed by atoms with E-state index in [0.29, 0.717) is 35.5 Å². The van der Waals surface area contributed by atoms with Crippen LogP contribution in [0, 0.1) is 0 Å². The van der Waals surface area contributed by atoms with Gasteiger partial charge in [0.05, 0.1) is 24.2 Å². The van der Waals surface area contributed by atoms with Crippen LogP contribution in [0.15, 0.2) is 115 Å². The van der Waals surface area contributed by atoms with Crippen LogP contribution in [0.2, 0.25) is 0 Å². The van der Waals surface area contributed by atoms with Gasteiger partial charge in [-0.3, -0.25) is 4.79 Å². The van der Waals surface area contributed by atoms with E-state index in [9.17, 15) is 14.4 Å². The molecule has 0 saturated carbocycles. The Balaban J connectivity index is 1.42. The van der Waals surface area contributed by atoms with Crippen molar-refractivity contribution in [3.05, 3.63) is 132 Å². The van der Waals surface area contributed by atoms with Crippen molar-refractivity contribution in [2.24, 2.45) is 0 Å². The molecule has 0 radical (unpaired) electrons. The maximum Gasteiger partial charge on any atom is 0.338 e. The highest BCUT2D eigenvalue weighted by Gasteiger charge is 2.13. The molecular weight excluding hydrogens is 480 g/mol. The van der Waals surface area contributed by atoms with Gasteiger partial charge < -0.3 is 19.7 Å². The fraction of sp³-hybridized carbons (Fsp3) is 0.129. The van der Waals surface area contributed by atoms with E-state index in [-0.39, 0.29) is 19.1 Å². The maximum absolute atomic E-state index is 12.6. The second kappa shape index (κ2) is 13.4. The lowest BCUT2D eigenvalue weighted by Gasteiger charge is -2.25. The average molecular weight is 509 g/mol. The topological polar surface area (TPSA) is 84.9 Å². The number of carbonyl (C=O) groups excluding carboxylic acids is 3. The molecule has 0 aromatic heterocycles. The Hall–Kier alpha value is -4.91. The van der Waals surface area contributed by atoms with Crippen LogP contribution in [0.3, 0.4) is 0 Å². The number of nitrogens with one attached hydrogen (secondary N) is 1. The number of nitrogens with zero attached hydrogens (tertiary/aromatic N) is 1. The molecule has 0 spiro atoms. The summed E-state index contributed by atoms with van der Waals surface area (Å²) in [4.78, 5) is 39.3. The lowest BCUT2D eigenvalue weighted by molar-refractivity contribution is 0.0504. The standard InChI is InChI=1S/C31H28N2O5/c34-29(24-11-4-1-5-12-24)32-27-17-10-18-28(23-27)33(19-21-37-30(35)25-13-6-2-7-14-25)20-22-38-31(36)26-15-8-3-9-16-26/h1-18,23H,19-22H2,(H,32,34). The summed E-state index contributed by atoms with van der Waals surface area (Å²) in [7, 11) is 0. The molecule has 0 heterocycles. The van der Waals surface area contributed by atoms with Gasteiger partial charge in [0.25, 0.3) is 5.91 Å². The highest BCUT2D eigenvalue weighted by Crippen LogP contribution is 2.20. The van der Waals surface area contributed by atoms with Crippen molar-refractivity contribution in [1.82, 2.24) is 0 Å². The van der Waals surface area contributed by atoms with Crippen LogP contribution < -0.4 is 10.2 Å². The largest absolute Gasteiger partial charge is 0.460 e. The monoisotopic (exact) mass is 508 g/mol. The number of benzene rings is 4. The summed E-state index contributed by atoms with van der Waals surface area (Å²) in [6, 6.07) is 33.9. The molecule has 1 N–H and O–H groups in total. The molecule has 0 saturated heterocycles. The van der Waals surface area contributed by atoms with Gasteiger partial charge >= 0.3 is 11.9 Å². The molecule has 0 aliphatic heterocycles. The summed E-state index contributed by atoms with van der Waals surface area (Å²) in [5.74, 6) is -1.04. The fourth-order valence-electron chi connectivity index (χ4n) is 3.76. The van der Waals surface area contributed by atoms with Crippen molar-refractivity contribution in [3.63, 3.8) is 0 Å². The van der Waals surface area contributed by atoms with Crippen molar-refractivity contribution in [2.45, 2.75) is 0 Å². The first-order chi connectivity index (χ1) is 18.6. The molecule has 0 aliphatic carbocycles. The zero-order valence-electron chi connectivity index (χ0n) is 20.8. The van der Waals surface area contributed by atoms with Gasteiger partial charge in [-0.05, 0) is 54.6 Å². The minimum Gasteiger partial charge on any atom is -0.460 e. The van der Waals surface area contributed by atoms with Gasteiger partial charge in [-0.15, -0.1) is 0 Å². The third-order valence-corrected chi connectivity index (χ3v) is 5.71. The zero-order valence-corrected chi connectivity index (χ0v) is 20.8. The summed E-state index contributed by atoms with van der Waals surface area (Å²) in [6.45, 7) is 0.969. The quantitative estimate of drug-likeness (QED) is 0.271. The van der Waals surface area contributed by atoms with E-state index in [1.807, 2.05) is 41.3 Å². The molecule has 38 heavy (non-hydrogen) atoms. The van der Waals surface area contributed by atoms with Crippen LogP contribution in [0.1, 0.15) is 31.1 Å². The van der Waals surface area contributed by atoms with E-state index in [0.717, 1.165) is 5.69 Å². The number of amides is 1. The zero-order chi connectivity index (χ0) is 26.6. The molecule has 0 unspecified atom stereocenters. The molecule has 1 amide bonds. The van der Waals surface area contributed by atoms with Gasteiger partial charge in [0.2, 0.25) is 0 Å². The predicted molar refractivity (Wildman–Crippen MR) is 146 cm³/mol. The van der Waals surface area contributed by atoms with E-state index < -0.39 is 11.9 Å². The SMILES string of the molecule is O=C(Nc1cccc(N(CCOC(=O)c2ccccc2)CCOC(=O)c2ccccc2)c1)c1ccccc1. The van der Waals surface area contributed by atoms with E-state index in [1.165, 1.54) is 0 Å². The smallest absolute Gasteiger partial charge is 0.338 e. The molecule has 0 bridgehead atoms. The van der Waals surface area contributed by atoms with Crippen LogP contribution in [0.4, 0.5) is 11.4 Å². The number of esters is 2. The van der Waals surface area contributed by atoms with Crippen molar-refractivity contribution >= 4 is 29.2 Å². The first kappa shape index (κ1) is 26.2. The van der Waals surface area contributed by atoms with Crippen LogP contribution in [-0.4, -0.2) is 44.1 Å². The van der Waals surface area contributed by atoms with Gasteiger partial charge in [-0.1, -0.05) is 60.7 Å². The van der Waals surface area contributed by atoms with Gasteiger partial charge in [-0.25, -0.2) is 9.59 Å². The van der Waals surface area contributed by atoms with Gasteiger partial charge in [0.15, 0.2) is 0 Å².